The fourth-order valence-electron chi connectivity index (χ4n) is 4.54. The number of fused-ring (bicyclic) bond motifs is 3. The molecule has 2 aromatic rings. The van der Waals surface area contributed by atoms with E-state index in [1.54, 1.807) is 11.6 Å². The molecule has 2 unspecified atom stereocenters. The lowest BCUT2D eigenvalue weighted by Crippen LogP contribution is -2.50. The van der Waals surface area contributed by atoms with Gasteiger partial charge in [-0.05, 0) is 44.7 Å². The van der Waals surface area contributed by atoms with Gasteiger partial charge in [0, 0.05) is 26.7 Å². The summed E-state index contributed by atoms with van der Waals surface area (Å²) in [5, 5.41) is 0. The average molecular weight is 416 g/mol. The number of imidazole rings is 1. The molecule has 2 aliphatic rings. The molecule has 2 atom stereocenters. The molecular formula is C22H33N5O3. The normalized spacial score (nSPS) is 21.7. The fraction of sp³-hybridized carbons (Fsp3) is 0.682. The second kappa shape index (κ2) is 6.75. The molecule has 0 saturated carbocycles. The highest BCUT2D eigenvalue weighted by Crippen LogP contribution is 2.35. The molecule has 1 amide bonds. The van der Waals surface area contributed by atoms with Crippen molar-refractivity contribution < 1.29 is 9.53 Å². The van der Waals surface area contributed by atoms with Gasteiger partial charge in [-0.2, -0.15) is 0 Å². The number of rotatable bonds is 2. The maximum absolute atomic E-state index is 12.8. The Kier molecular flexibility index (Phi) is 4.67. The van der Waals surface area contributed by atoms with Gasteiger partial charge in [0.25, 0.3) is 0 Å². The Hall–Kier alpha value is -2.51. The summed E-state index contributed by atoms with van der Waals surface area (Å²) in [4.78, 5) is 34.2. The van der Waals surface area contributed by atoms with Gasteiger partial charge in [0.2, 0.25) is 0 Å². The van der Waals surface area contributed by atoms with Crippen LogP contribution in [0.15, 0.2) is 16.9 Å². The highest BCUT2D eigenvalue weighted by Gasteiger charge is 2.47. The van der Waals surface area contributed by atoms with E-state index < -0.39 is 5.60 Å². The van der Waals surface area contributed by atoms with Crippen molar-refractivity contribution in [2.75, 3.05) is 18.0 Å². The van der Waals surface area contributed by atoms with Crippen LogP contribution in [-0.4, -0.2) is 55.9 Å². The number of aryl methyl sites for hydroxylation is 1. The largest absolute Gasteiger partial charge is 0.444 e. The zero-order chi connectivity index (χ0) is 22.0. The molecule has 4 rings (SSSR count). The summed E-state index contributed by atoms with van der Waals surface area (Å²) in [6, 6.07) is 4.36. The van der Waals surface area contributed by atoms with Crippen molar-refractivity contribution >= 4 is 23.1 Å². The fourth-order valence-corrected chi connectivity index (χ4v) is 4.54. The van der Waals surface area contributed by atoms with Crippen LogP contribution in [0.3, 0.4) is 0 Å². The predicted octanol–water partition coefficient (Wildman–Crippen LogP) is 2.98. The summed E-state index contributed by atoms with van der Waals surface area (Å²) >= 11 is 0. The number of amides is 1. The first kappa shape index (κ1) is 20.8. The molecule has 8 heteroatoms. The number of aromatic nitrogens is 3. The Labute approximate surface area is 177 Å². The SMILES string of the molecule is Cn1c(=O)n(CC(C)(C)C)c2ccc(N3CC4CC3CN4C(=O)OC(C)(C)C)nc21. The lowest BCUT2D eigenvalue weighted by molar-refractivity contribution is 0.0214. The summed E-state index contributed by atoms with van der Waals surface area (Å²) in [5.74, 6) is 0.863. The molecule has 30 heavy (non-hydrogen) atoms. The maximum atomic E-state index is 12.8. The lowest BCUT2D eigenvalue weighted by atomic mass is 9.97. The second-order valence-corrected chi connectivity index (χ2v) is 10.8. The molecule has 2 fully saturated rings. The van der Waals surface area contributed by atoms with Gasteiger partial charge in [0.15, 0.2) is 5.65 Å². The minimum atomic E-state index is -0.490. The molecular weight excluding hydrogens is 382 g/mol. The maximum Gasteiger partial charge on any atom is 0.410 e. The van der Waals surface area contributed by atoms with Gasteiger partial charge < -0.3 is 14.5 Å². The van der Waals surface area contributed by atoms with E-state index >= 15 is 0 Å². The number of nitrogens with zero attached hydrogens (tertiary/aromatic N) is 5. The van der Waals surface area contributed by atoms with Crippen LogP contribution >= 0.6 is 0 Å². The average Bonchev–Trinajstić information content (AvgIpc) is 3.28. The molecule has 0 aliphatic carbocycles. The van der Waals surface area contributed by atoms with Crippen LogP contribution in [0.2, 0.25) is 0 Å². The minimum absolute atomic E-state index is 0.00396. The number of hydrogen-bond acceptors (Lipinski definition) is 5. The van der Waals surface area contributed by atoms with Crippen molar-refractivity contribution in [3.8, 4) is 0 Å². The Morgan fingerprint density at radius 3 is 2.40 bits per heavy atom. The third-order valence-corrected chi connectivity index (χ3v) is 5.76. The monoisotopic (exact) mass is 415 g/mol. The van der Waals surface area contributed by atoms with E-state index in [4.69, 9.17) is 9.72 Å². The molecule has 8 nitrogen and oxygen atoms in total. The topological polar surface area (TPSA) is 72.6 Å². The van der Waals surface area contributed by atoms with Gasteiger partial charge in [0.1, 0.15) is 11.4 Å². The highest BCUT2D eigenvalue weighted by atomic mass is 16.6. The minimum Gasteiger partial charge on any atom is -0.444 e. The second-order valence-electron chi connectivity index (χ2n) is 10.8. The van der Waals surface area contributed by atoms with Crippen molar-refractivity contribution in [3.05, 3.63) is 22.6 Å². The zero-order valence-electron chi connectivity index (χ0n) is 19.1. The van der Waals surface area contributed by atoms with E-state index in [0.29, 0.717) is 18.7 Å². The van der Waals surface area contributed by atoms with Crippen molar-refractivity contribution in [1.29, 1.82) is 0 Å². The van der Waals surface area contributed by atoms with Crippen molar-refractivity contribution in [3.63, 3.8) is 0 Å². The zero-order valence-corrected chi connectivity index (χ0v) is 19.1. The van der Waals surface area contributed by atoms with Crippen LogP contribution in [-0.2, 0) is 18.3 Å². The number of ether oxygens (including phenoxy) is 1. The standard InChI is InChI=1S/C22H33N5O3/c1-21(2,3)13-27-16-8-9-17(23-18(16)24(7)19(27)28)25-11-15-10-14(25)12-26(15)20(29)30-22(4,5)6/h8-9,14-15H,10-13H2,1-7H3. The smallest absolute Gasteiger partial charge is 0.410 e. The number of piperazine rings is 1. The summed E-state index contributed by atoms with van der Waals surface area (Å²) in [6.45, 7) is 14.1. The predicted molar refractivity (Wildman–Crippen MR) is 117 cm³/mol. The number of carbonyl (C=O) groups excluding carboxylic acids is 1. The number of likely N-dealkylation sites (tertiary alicyclic amines) is 1. The quantitative estimate of drug-likeness (QED) is 0.754. The first-order valence-corrected chi connectivity index (χ1v) is 10.7. The lowest BCUT2D eigenvalue weighted by Gasteiger charge is -2.35. The summed E-state index contributed by atoms with van der Waals surface area (Å²) in [6.07, 6.45) is 0.683. The van der Waals surface area contributed by atoms with E-state index in [1.165, 1.54) is 0 Å². The third kappa shape index (κ3) is 3.68. The summed E-state index contributed by atoms with van der Waals surface area (Å²) < 4.78 is 9.00. The molecule has 0 spiro atoms. The molecule has 2 bridgehead atoms. The van der Waals surface area contributed by atoms with Crippen LogP contribution in [0.5, 0.6) is 0 Å². The molecule has 164 valence electrons. The van der Waals surface area contributed by atoms with Crippen LogP contribution < -0.4 is 10.6 Å². The van der Waals surface area contributed by atoms with Crippen LogP contribution in [0, 0.1) is 5.41 Å². The number of carbonyl (C=O) groups is 1. The molecule has 0 N–H and O–H groups in total. The molecule has 0 radical (unpaired) electrons. The molecule has 2 aliphatic heterocycles. The Balaban J connectivity index is 1.57. The van der Waals surface area contributed by atoms with Crippen LogP contribution in [0.25, 0.3) is 11.2 Å². The van der Waals surface area contributed by atoms with E-state index in [2.05, 4.69) is 25.7 Å². The Morgan fingerprint density at radius 2 is 1.83 bits per heavy atom. The van der Waals surface area contributed by atoms with Gasteiger partial charge in [-0.15, -0.1) is 0 Å². The van der Waals surface area contributed by atoms with Gasteiger partial charge >= 0.3 is 11.8 Å². The van der Waals surface area contributed by atoms with Crippen molar-refractivity contribution in [2.45, 2.75) is 72.2 Å². The number of pyridine rings is 1. The first-order valence-electron chi connectivity index (χ1n) is 10.7. The summed E-state index contributed by atoms with van der Waals surface area (Å²) in [5.41, 5.74) is 1.03. The molecule has 2 aromatic heterocycles. The molecule has 2 saturated heterocycles. The number of hydrogen-bond donors (Lipinski definition) is 0. The van der Waals surface area contributed by atoms with Gasteiger partial charge in [-0.1, -0.05) is 20.8 Å². The van der Waals surface area contributed by atoms with Gasteiger partial charge in [-0.25, -0.2) is 14.6 Å². The first-order chi connectivity index (χ1) is 13.8. The van der Waals surface area contributed by atoms with Gasteiger partial charge in [-0.3, -0.25) is 9.13 Å². The molecule has 4 heterocycles. The Bertz CT molecular complexity index is 1040. The van der Waals surface area contributed by atoms with Crippen LogP contribution in [0.1, 0.15) is 48.0 Å². The molecule has 0 aromatic carbocycles. The van der Waals surface area contributed by atoms with E-state index in [-0.39, 0.29) is 29.3 Å². The van der Waals surface area contributed by atoms with E-state index in [9.17, 15) is 9.59 Å². The van der Waals surface area contributed by atoms with Crippen molar-refractivity contribution in [1.82, 2.24) is 19.0 Å². The van der Waals surface area contributed by atoms with E-state index in [0.717, 1.165) is 24.3 Å². The van der Waals surface area contributed by atoms with Crippen molar-refractivity contribution in [2.24, 2.45) is 12.5 Å². The van der Waals surface area contributed by atoms with Crippen LogP contribution in [0.4, 0.5) is 10.6 Å². The van der Waals surface area contributed by atoms with E-state index in [1.807, 2.05) is 42.4 Å². The third-order valence-electron chi connectivity index (χ3n) is 5.76. The highest BCUT2D eigenvalue weighted by molar-refractivity contribution is 5.75. The summed E-state index contributed by atoms with van der Waals surface area (Å²) in [7, 11) is 1.78. The van der Waals surface area contributed by atoms with Gasteiger partial charge in [0.05, 0.1) is 17.6 Å². The Morgan fingerprint density at radius 1 is 1.13 bits per heavy atom. The number of anilines is 1.